The average molecular weight is 560 g/mol. The molecule has 38 heavy (non-hydrogen) atoms. The van der Waals surface area contributed by atoms with Crippen molar-refractivity contribution < 1.29 is 18.3 Å². The third-order valence-corrected chi connectivity index (χ3v) is 8.04. The molecular formula is C24H23F2N7O3S2. The van der Waals surface area contributed by atoms with E-state index in [-0.39, 0.29) is 18.7 Å². The van der Waals surface area contributed by atoms with Gasteiger partial charge in [-0.25, -0.2) is 23.7 Å². The van der Waals surface area contributed by atoms with Crippen molar-refractivity contribution in [3.63, 3.8) is 0 Å². The lowest BCUT2D eigenvalue weighted by molar-refractivity contribution is 0.153. The Labute approximate surface area is 223 Å². The van der Waals surface area contributed by atoms with Crippen LogP contribution in [0.1, 0.15) is 29.0 Å². The number of anilines is 1. The molecule has 0 aliphatic carbocycles. The van der Waals surface area contributed by atoms with Gasteiger partial charge in [0.2, 0.25) is 0 Å². The van der Waals surface area contributed by atoms with Crippen molar-refractivity contribution in [1.29, 1.82) is 0 Å². The van der Waals surface area contributed by atoms with E-state index < -0.39 is 35.2 Å². The molecule has 10 nitrogen and oxygen atoms in total. The zero-order chi connectivity index (χ0) is 26.8. The minimum atomic E-state index is -0.651. The molecule has 0 radical (unpaired) electrons. The van der Waals surface area contributed by atoms with Gasteiger partial charge in [0.05, 0.1) is 35.4 Å². The van der Waals surface area contributed by atoms with Crippen molar-refractivity contribution in [3.8, 4) is 0 Å². The third-order valence-electron chi connectivity index (χ3n) is 6.26. The fourth-order valence-corrected chi connectivity index (χ4v) is 5.74. The van der Waals surface area contributed by atoms with Crippen molar-refractivity contribution >= 4 is 44.1 Å². The number of hydrogen-bond acceptors (Lipinski definition) is 9. The van der Waals surface area contributed by atoms with Crippen LogP contribution in [0.4, 0.5) is 19.3 Å². The summed E-state index contributed by atoms with van der Waals surface area (Å²) in [5.41, 5.74) is 0.898. The summed E-state index contributed by atoms with van der Waals surface area (Å²) in [6.07, 6.45) is 2.68. The van der Waals surface area contributed by atoms with E-state index >= 15 is 0 Å². The molecule has 0 saturated carbocycles. The van der Waals surface area contributed by atoms with Crippen LogP contribution in [0.2, 0.25) is 0 Å². The van der Waals surface area contributed by atoms with Gasteiger partial charge in [-0.1, -0.05) is 33.7 Å². The van der Waals surface area contributed by atoms with Gasteiger partial charge in [0.1, 0.15) is 30.4 Å². The Bertz CT molecular complexity index is 1530. The molecular weight excluding hydrogens is 536 g/mol. The number of aromatic amines is 1. The maximum absolute atomic E-state index is 14.9. The topological polar surface area (TPSA) is 118 Å². The molecule has 2 atom stereocenters. The van der Waals surface area contributed by atoms with Gasteiger partial charge in [-0.2, -0.15) is 10.2 Å². The Morgan fingerprint density at radius 1 is 1.21 bits per heavy atom. The number of ether oxygens (including phenoxy) is 1. The van der Waals surface area contributed by atoms with Gasteiger partial charge in [-0.05, 0) is 36.1 Å². The van der Waals surface area contributed by atoms with Gasteiger partial charge in [0, 0.05) is 18.2 Å². The lowest BCUT2D eigenvalue weighted by Crippen LogP contribution is -2.45. The number of benzene rings is 2. The molecule has 1 aliphatic rings. The van der Waals surface area contributed by atoms with Crippen LogP contribution in [0.15, 0.2) is 47.5 Å². The fourth-order valence-electron chi connectivity index (χ4n) is 4.72. The first kappa shape index (κ1) is 26.0. The monoisotopic (exact) mass is 559 g/mol. The fraction of sp³-hybridized carbons (Fsp3) is 0.292. The molecule has 0 spiro atoms. The molecule has 1 amide bonds. The van der Waals surface area contributed by atoms with Crippen molar-refractivity contribution in [2.24, 2.45) is 7.05 Å². The van der Waals surface area contributed by atoms with Crippen LogP contribution in [0.3, 0.4) is 0 Å². The molecule has 2 N–H and O–H groups in total. The molecule has 0 fully saturated rings. The minimum Gasteiger partial charge on any atom is -0.449 e. The van der Waals surface area contributed by atoms with Gasteiger partial charge in [-0.3, -0.25) is 9.48 Å². The lowest BCUT2D eigenvalue weighted by atomic mass is 9.82. The average Bonchev–Trinajstić information content (AvgIpc) is 3.33. The van der Waals surface area contributed by atoms with E-state index in [0.29, 0.717) is 33.9 Å². The zero-order valence-corrected chi connectivity index (χ0v) is 22.0. The third kappa shape index (κ3) is 4.92. The number of alkyl carbamates (subject to hydrolysis) is 1. The van der Waals surface area contributed by atoms with Crippen LogP contribution < -0.4 is 15.8 Å². The number of H-pyrrole nitrogens is 1. The number of nitrogens with one attached hydrogen (secondary N) is 2. The second-order valence-corrected chi connectivity index (χ2v) is 11.1. The molecule has 0 saturated heterocycles. The van der Waals surface area contributed by atoms with E-state index in [9.17, 15) is 18.4 Å². The van der Waals surface area contributed by atoms with Crippen molar-refractivity contribution in [1.82, 2.24) is 30.3 Å². The maximum atomic E-state index is 14.9. The maximum Gasteiger partial charge on any atom is 0.408 e. The van der Waals surface area contributed by atoms with Gasteiger partial charge in [0.25, 0.3) is 5.56 Å². The highest BCUT2D eigenvalue weighted by molar-refractivity contribution is 8.76. The van der Waals surface area contributed by atoms with E-state index in [1.165, 1.54) is 24.5 Å². The van der Waals surface area contributed by atoms with Crippen LogP contribution in [0.25, 0.3) is 10.8 Å². The highest BCUT2D eigenvalue weighted by Crippen LogP contribution is 2.49. The van der Waals surface area contributed by atoms with E-state index in [2.05, 4.69) is 25.6 Å². The van der Waals surface area contributed by atoms with Crippen LogP contribution in [0.5, 0.6) is 0 Å². The van der Waals surface area contributed by atoms with Gasteiger partial charge in [0.15, 0.2) is 0 Å². The summed E-state index contributed by atoms with van der Waals surface area (Å²) in [6, 6.07) is 7.67. The Kier molecular flexibility index (Phi) is 7.51. The van der Waals surface area contributed by atoms with E-state index in [0.717, 1.165) is 6.07 Å². The Morgan fingerprint density at radius 2 is 2.00 bits per heavy atom. The summed E-state index contributed by atoms with van der Waals surface area (Å²) in [5, 5.41) is 14.3. The van der Waals surface area contributed by atoms with Gasteiger partial charge >= 0.3 is 6.09 Å². The summed E-state index contributed by atoms with van der Waals surface area (Å²) < 4.78 is 35.6. The van der Waals surface area contributed by atoms with Crippen LogP contribution in [0, 0.1) is 11.6 Å². The van der Waals surface area contributed by atoms with Crippen LogP contribution in [-0.2, 0) is 11.8 Å². The minimum absolute atomic E-state index is 0.101. The Morgan fingerprint density at radius 3 is 2.71 bits per heavy atom. The molecule has 2 aromatic carbocycles. The molecule has 4 aromatic rings. The second-order valence-electron chi connectivity index (χ2n) is 8.43. The largest absolute Gasteiger partial charge is 0.449 e. The van der Waals surface area contributed by atoms with Crippen molar-refractivity contribution in [2.75, 3.05) is 30.2 Å². The number of carbonyl (C=O) groups excluding carboxylic acids is 1. The molecule has 0 bridgehead atoms. The number of hydrogen-bond donors (Lipinski definition) is 2. The lowest BCUT2D eigenvalue weighted by Gasteiger charge is -2.42. The smallest absolute Gasteiger partial charge is 0.408 e. The normalized spacial score (nSPS) is 16.6. The Hall–Kier alpha value is -3.65. The molecule has 2 aromatic heterocycles. The first-order valence-electron chi connectivity index (χ1n) is 11.5. The molecule has 5 rings (SSSR count). The quantitative estimate of drug-likeness (QED) is 0.246. The van der Waals surface area contributed by atoms with E-state index in [1.807, 2.05) is 6.26 Å². The number of rotatable bonds is 8. The number of halogens is 2. The van der Waals surface area contributed by atoms with E-state index in [4.69, 9.17) is 4.74 Å². The number of aryl methyl sites for hydroxylation is 1. The molecule has 1 unspecified atom stereocenters. The summed E-state index contributed by atoms with van der Waals surface area (Å²) in [4.78, 5) is 31.4. The van der Waals surface area contributed by atoms with Crippen LogP contribution in [-0.4, -0.2) is 56.3 Å². The summed E-state index contributed by atoms with van der Waals surface area (Å²) in [6.45, 7) is 0.113. The number of carbonyl (C=O) groups is 1. The standard InChI is InChI=1S/C24H23F2N7O3S2/c1-32-22(27-11-29-32)19-20-18-16(23(34)31-30-20)9-15(26)10-17(18)33(12-28-24(35)36-7-8-38-37-2)21(19)13-3-5-14(25)6-4-13/h3-6,9-11,19,21H,7-8,12H2,1-2H3,(H,28,35)(H,31,34)/t19?,21-/m1/s1. The molecule has 1 aliphatic heterocycles. The second kappa shape index (κ2) is 11.0. The Balaban J connectivity index is 1.66. The number of nitrogens with zero attached hydrogens (tertiary/aromatic N) is 5. The van der Waals surface area contributed by atoms with Crippen molar-refractivity contribution in [3.05, 3.63) is 81.8 Å². The summed E-state index contributed by atoms with van der Waals surface area (Å²) in [7, 11) is 4.85. The summed E-state index contributed by atoms with van der Waals surface area (Å²) >= 11 is 0. The first-order chi connectivity index (χ1) is 18.4. The highest BCUT2D eigenvalue weighted by atomic mass is 33.1. The SMILES string of the molecule is CSSCCOC(=O)NCN1c2cc(F)cc3c(=O)[nH]nc(c23)C(c2ncnn2C)[C@H]1c1ccc(F)cc1. The summed E-state index contributed by atoms with van der Waals surface area (Å²) in [5.74, 6) is -0.548. The predicted molar refractivity (Wildman–Crippen MR) is 142 cm³/mol. The molecule has 198 valence electrons. The molecule has 14 heteroatoms. The van der Waals surface area contributed by atoms with Crippen LogP contribution >= 0.6 is 21.6 Å². The first-order valence-corrected chi connectivity index (χ1v) is 14.3. The van der Waals surface area contributed by atoms with Crippen molar-refractivity contribution in [2.45, 2.75) is 12.0 Å². The zero-order valence-electron chi connectivity index (χ0n) is 20.4. The molecule has 3 heterocycles. The number of amides is 1. The predicted octanol–water partition coefficient (Wildman–Crippen LogP) is 3.72. The van der Waals surface area contributed by atoms with Gasteiger partial charge < -0.3 is 15.0 Å². The highest BCUT2D eigenvalue weighted by Gasteiger charge is 2.42. The van der Waals surface area contributed by atoms with Gasteiger partial charge in [-0.15, -0.1) is 0 Å². The van der Waals surface area contributed by atoms with E-state index in [1.54, 1.807) is 50.3 Å². The number of aromatic nitrogens is 5.